The Labute approximate surface area is 71.9 Å². The summed E-state index contributed by atoms with van der Waals surface area (Å²) in [5, 5.41) is 11.5. The van der Waals surface area contributed by atoms with Gasteiger partial charge in [0.25, 0.3) is 0 Å². The normalized spacial score (nSPS) is 27.8. The number of hydrogen-bond acceptors (Lipinski definition) is 4. The summed E-state index contributed by atoms with van der Waals surface area (Å²) in [7, 11) is 0. The van der Waals surface area contributed by atoms with E-state index in [2.05, 4.69) is 5.32 Å². The fraction of sp³-hybridized carbons (Fsp3) is 0.875. The van der Waals surface area contributed by atoms with Gasteiger partial charge in [0.1, 0.15) is 12.3 Å². The van der Waals surface area contributed by atoms with Crippen LogP contribution in [0.3, 0.4) is 0 Å². The van der Waals surface area contributed by atoms with Gasteiger partial charge in [-0.3, -0.25) is 10.1 Å². The molecule has 0 saturated carbocycles. The molecule has 1 aliphatic heterocycles. The molecule has 70 valence electrons. The molecule has 1 fully saturated rings. The zero-order valence-electron chi connectivity index (χ0n) is 7.25. The molecule has 1 heterocycles. The standard InChI is InChI=1S/C8H15NO3/c1-2-3-4-12-8(11)6-5-7(10)9-6/h6-7,9-10H,2-5H2,1H3/t6-,7?/m0/s1. The Morgan fingerprint density at radius 2 is 2.42 bits per heavy atom. The summed E-state index contributed by atoms with van der Waals surface area (Å²) < 4.78 is 4.92. The lowest BCUT2D eigenvalue weighted by atomic mass is 10.1. The number of nitrogens with one attached hydrogen (secondary N) is 1. The predicted octanol–water partition coefficient (Wildman–Crippen LogP) is 0.0100. The van der Waals surface area contributed by atoms with Crippen LogP contribution >= 0.6 is 0 Å². The smallest absolute Gasteiger partial charge is 0.323 e. The second kappa shape index (κ2) is 4.42. The van der Waals surface area contributed by atoms with E-state index in [0.717, 1.165) is 12.8 Å². The Morgan fingerprint density at radius 3 is 2.92 bits per heavy atom. The number of carbonyl (C=O) groups excluding carboxylic acids is 1. The van der Waals surface area contributed by atoms with Gasteiger partial charge in [-0.1, -0.05) is 13.3 Å². The Hall–Kier alpha value is -0.610. The highest BCUT2D eigenvalue weighted by molar-refractivity contribution is 5.76. The minimum Gasteiger partial charge on any atom is -0.465 e. The highest BCUT2D eigenvalue weighted by atomic mass is 16.5. The van der Waals surface area contributed by atoms with E-state index in [4.69, 9.17) is 9.84 Å². The molecule has 4 heteroatoms. The maximum atomic E-state index is 11.0. The van der Waals surface area contributed by atoms with Crippen molar-refractivity contribution >= 4 is 5.97 Å². The number of unbranched alkanes of at least 4 members (excludes halogenated alkanes) is 1. The summed E-state index contributed by atoms with van der Waals surface area (Å²) in [4.78, 5) is 11.0. The molecule has 1 saturated heterocycles. The summed E-state index contributed by atoms with van der Waals surface area (Å²) in [5.74, 6) is -0.242. The van der Waals surface area contributed by atoms with E-state index in [0.29, 0.717) is 13.0 Å². The van der Waals surface area contributed by atoms with E-state index in [1.807, 2.05) is 6.92 Å². The lowest BCUT2D eigenvalue weighted by molar-refractivity contribution is -0.153. The highest BCUT2D eigenvalue weighted by Gasteiger charge is 2.33. The summed E-state index contributed by atoms with van der Waals surface area (Å²) >= 11 is 0. The Kier molecular flexibility index (Phi) is 3.49. The van der Waals surface area contributed by atoms with Gasteiger partial charge in [0.05, 0.1) is 6.61 Å². The average molecular weight is 173 g/mol. The van der Waals surface area contributed by atoms with Gasteiger partial charge in [-0.2, -0.15) is 0 Å². The maximum Gasteiger partial charge on any atom is 0.323 e. The molecule has 0 aromatic rings. The van der Waals surface area contributed by atoms with Crippen LogP contribution in [0.25, 0.3) is 0 Å². The molecule has 0 spiro atoms. The molecule has 0 bridgehead atoms. The van der Waals surface area contributed by atoms with E-state index in [1.54, 1.807) is 0 Å². The quantitative estimate of drug-likeness (QED) is 0.464. The molecule has 2 atom stereocenters. The maximum absolute atomic E-state index is 11.0. The second-order valence-electron chi connectivity index (χ2n) is 2.99. The molecular weight excluding hydrogens is 158 g/mol. The van der Waals surface area contributed by atoms with Gasteiger partial charge in [0, 0.05) is 6.42 Å². The predicted molar refractivity (Wildman–Crippen MR) is 43.4 cm³/mol. The lowest BCUT2D eigenvalue weighted by Gasteiger charge is -2.31. The van der Waals surface area contributed by atoms with E-state index >= 15 is 0 Å². The van der Waals surface area contributed by atoms with Gasteiger partial charge in [-0.05, 0) is 6.42 Å². The zero-order chi connectivity index (χ0) is 8.97. The number of esters is 1. The first-order valence-electron chi connectivity index (χ1n) is 4.34. The van der Waals surface area contributed by atoms with Crippen molar-refractivity contribution in [3.8, 4) is 0 Å². The van der Waals surface area contributed by atoms with Crippen LogP contribution in [0.5, 0.6) is 0 Å². The second-order valence-corrected chi connectivity index (χ2v) is 2.99. The summed E-state index contributed by atoms with van der Waals surface area (Å²) in [6, 6.07) is -0.281. The van der Waals surface area contributed by atoms with Crippen molar-refractivity contribution in [2.75, 3.05) is 6.61 Å². The third kappa shape index (κ3) is 2.46. The van der Waals surface area contributed by atoms with Gasteiger partial charge in [0.15, 0.2) is 0 Å². The minimum absolute atomic E-state index is 0.242. The number of hydrogen-bond donors (Lipinski definition) is 2. The van der Waals surface area contributed by atoms with Crippen LogP contribution in [0.1, 0.15) is 26.2 Å². The van der Waals surface area contributed by atoms with Crippen molar-refractivity contribution in [2.45, 2.75) is 38.5 Å². The van der Waals surface area contributed by atoms with E-state index in [1.165, 1.54) is 0 Å². The van der Waals surface area contributed by atoms with E-state index in [-0.39, 0.29) is 12.0 Å². The van der Waals surface area contributed by atoms with E-state index in [9.17, 15) is 4.79 Å². The van der Waals surface area contributed by atoms with Crippen molar-refractivity contribution in [3.63, 3.8) is 0 Å². The van der Waals surface area contributed by atoms with Crippen LogP contribution in [-0.2, 0) is 9.53 Å². The van der Waals surface area contributed by atoms with Crippen LogP contribution in [-0.4, -0.2) is 30.0 Å². The number of carbonyl (C=O) groups is 1. The van der Waals surface area contributed by atoms with Gasteiger partial charge >= 0.3 is 5.97 Å². The van der Waals surface area contributed by atoms with E-state index < -0.39 is 6.23 Å². The largest absolute Gasteiger partial charge is 0.465 e. The van der Waals surface area contributed by atoms with Crippen molar-refractivity contribution < 1.29 is 14.6 Å². The zero-order valence-corrected chi connectivity index (χ0v) is 7.25. The Morgan fingerprint density at radius 1 is 1.75 bits per heavy atom. The minimum atomic E-state index is -0.520. The third-order valence-corrected chi connectivity index (χ3v) is 1.88. The van der Waals surface area contributed by atoms with Crippen molar-refractivity contribution in [1.82, 2.24) is 5.32 Å². The fourth-order valence-electron chi connectivity index (χ4n) is 1.01. The molecule has 0 aromatic carbocycles. The van der Waals surface area contributed by atoms with Crippen molar-refractivity contribution in [2.24, 2.45) is 0 Å². The molecule has 0 amide bonds. The Balaban J connectivity index is 2.04. The third-order valence-electron chi connectivity index (χ3n) is 1.88. The molecule has 0 aliphatic carbocycles. The molecular formula is C8H15NO3. The van der Waals surface area contributed by atoms with Crippen LogP contribution < -0.4 is 5.32 Å². The van der Waals surface area contributed by atoms with Crippen molar-refractivity contribution in [1.29, 1.82) is 0 Å². The van der Waals surface area contributed by atoms with Gasteiger partial charge in [0.2, 0.25) is 0 Å². The molecule has 1 unspecified atom stereocenters. The number of ether oxygens (including phenoxy) is 1. The van der Waals surface area contributed by atoms with Crippen LogP contribution in [0, 0.1) is 0 Å². The topological polar surface area (TPSA) is 58.6 Å². The first kappa shape index (κ1) is 9.48. The van der Waals surface area contributed by atoms with Gasteiger partial charge < -0.3 is 9.84 Å². The number of aliphatic hydroxyl groups excluding tert-OH is 1. The highest BCUT2D eigenvalue weighted by Crippen LogP contribution is 2.10. The monoisotopic (exact) mass is 173 g/mol. The molecule has 1 aliphatic rings. The van der Waals surface area contributed by atoms with Gasteiger partial charge in [-0.15, -0.1) is 0 Å². The average Bonchev–Trinajstić information content (AvgIpc) is 1.99. The Bertz CT molecular complexity index is 154. The molecule has 2 N–H and O–H groups in total. The number of aliphatic hydroxyl groups is 1. The lowest BCUT2D eigenvalue weighted by Crippen LogP contribution is -2.56. The fourth-order valence-corrected chi connectivity index (χ4v) is 1.01. The SMILES string of the molecule is CCCCOC(=O)[C@@H]1CC(O)N1. The molecule has 0 radical (unpaired) electrons. The molecule has 4 nitrogen and oxygen atoms in total. The first-order valence-corrected chi connectivity index (χ1v) is 4.34. The van der Waals surface area contributed by atoms with Crippen LogP contribution in [0.4, 0.5) is 0 Å². The van der Waals surface area contributed by atoms with Crippen molar-refractivity contribution in [3.05, 3.63) is 0 Å². The van der Waals surface area contributed by atoms with Crippen LogP contribution in [0.15, 0.2) is 0 Å². The molecule has 12 heavy (non-hydrogen) atoms. The summed E-state index contributed by atoms with van der Waals surface area (Å²) in [5.41, 5.74) is 0. The van der Waals surface area contributed by atoms with Gasteiger partial charge in [-0.25, -0.2) is 0 Å². The molecule has 1 rings (SSSR count). The summed E-state index contributed by atoms with van der Waals surface area (Å²) in [6.45, 7) is 2.53. The molecule has 0 aromatic heterocycles. The first-order chi connectivity index (χ1) is 5.74. The number of rotatable bonds is 4. The summed E-state index contributed by atoms with van der Waals surface area (Å²) in [6.07, 6.45) is 1.88. The van der Waals surface area contributed by atoms with Crippen LogP contribution in [0.2, 0.25) is 0 Å².